The van der Waals surface area contributed by atoms with Crippen LogP contribution in [0.5, 0.6) is 5.75 Å². The Morgan fingerprint density at radius 2 is 1.56 bits per heavy atom. The van der Waals surface area contributed by atoms with E-state index in [9.17, 15) is 0 Å². The fourth-order valence-corrected chi connectivity index (χ4v) is 5.51. The van der Waals surface area contributed by atoms with Crippen LogP contribution < -0.4 is 10.2 Å². The number of nitrogens with zero attached hydrogens (tertiary/aromatic N) is 1. The number of ether oxygens (including phenoxy) is 1. The van der Waals surface area contributed by atoms with Crippen molar-refractivity contribution in [2.45, 2.75) is 71.3 Å². The third kappa shape index (κ3) is 4.11. The van der Waals surface area contributed by atoms with Gasteiger partial charge < -0.3 is 14.0 Å². The van der Waals surface area contributed by atoms with Crippen LogP contribution in [0.1, 0.15) is 51.7 Å². The van der Waals surface area contributed by atoms with E-state index in [1.165, 1.54) is 18.4 Å². The average molecular weight is 433 g/mol. The third-order valence-corrected chi connectivity index (χ3v) is 8.06. The highest BCUT2D eigenvalue weighted by molar-refractivity contribution is 6.62. The Hall–Kier alpha value is -1.82. The molecule has 2 saturated heterocycles. The van der Waals surface area contributed by atoms with E-state index in [1.807, 2.05) is 0 Å². The second-order valence-electron chi connectivity index (χ2n) is 11.0. The summed E-state index contributed by atoms with van der Waals surface area (Å²) in [6, 6.07) is 17.2. The normalized spacial score (nSPS) is 28.8. The zero-order valence-electron chi connectivity index (χ0n) is 20.1. The van der Waals surface area contributed by atoms with Gasteiger partial charge in [0, 0.05) is 31.5 Å². The highest BCUT2D eigenvalue weighted by Crippen LogP contribution is 2.41. The molecule has 2 aromatic rings. The van der Waals surface area contributed by atoms with Crippen LogP contribution in [-0.2, 0) is 15.9 Å². The van der Waals surface area contributed by atoms with Crippen molar-refractivity contribution in [3.63, 3.8) is 0 Å². The van der Waals surface area contributed by atoms with Crippen molar-refractivity contribution in [2.75, 3.05) is 13.1 Å². The van der Waals surface area contributed by atoms with E-state index in [4.69, 9.17) is 14.0 Å². The summed E-state index contributed by atoms with van der Waals surface area (Å²) in [5.41, 5.74) is 2.97. The molecular formula is C27H36BNO3. The van der Waals surface area contributed by atoms with E-state index in [2.05, 4.69) is 88.0 Å². The van der Waals surface area contributed by atoms with Gasteiger partial charge in [-0.05, 0) is 70.1 Å². The topological polar surface area (TPSA) is 30.9 Å². The van der Waals surface area contributed by atoms with E-state index in [1.54, 1.807) is 0 Å². The second-order valence-corrected chi connectivity index (χ2v) is 11.0. The summed E-state index contributed by atoms with van der Waals surface area (Å²) in [6.07, 6.45) is 2.86. The van der Waals surface area contributed by atoms with Crippen LogP contribution in [0.15, 0.2) is 48.5 Å². The van der Waals surface area contributed by atoms with Crippen molar-refractivity contribution in [1.82, 2.24) is 4.90 Å². The van der Waals surface area contributed by atoms with Crippen LogP contribution in [0.25, 0.3) is 0 Å². The standard InChI is InChI=1S/C27H36BNO3/c1-19-15-23(28-31-26(2,3)27(4,5)32-28)13-14-24(19)30-25-21-11-12-22(25)18-29(17-21)16-20-9-7-6-8-10-20/h6-10,13-15,21-22,25H,11-12,16-18H2,1-5H3/t21-,22+,25?. The minimum absolute atomic E-state index is 0.323. The van der Waals surface area contributed by atoms with Gasteiger partial charge in [0.05, 0.1) is 11.2 Å². The maximum atomic E-state index is 6.66. The first-order valence-corrected chi connectivity index (χ1v) is 12.1. The fraction of sp³-hybridized carbons (Fsp3) is 0.556. The van der Waals surface area contributed by atoms with E-state index in [0.29, 0.717) is 17.9 Å². The molecule has 2 bridgehead atoms. The number of aryl methyl sites for hydroxylation is 1. The molecule has 5 heteroatoms. The smallest absolute Gasteiger partial charge is 0.489 e. The Labute approximate surface area is 193 Å². The summed E-state index contributed by atoms with van der Waals surface area (Å²) >= 11 is 0. The van der Waals surface area contributed by atoms with Gasteiger partial charge in [-0.2, -0.15) is 0 Å². The number of hydrogen-bond donors (Lipinski definition) is 0. The summed E-state index contributed by atoms with van der Waals surface area (Å²) in [5, 5.41) is 0. The van der Waals surface area contributed by atoms with Crippen LogP contribution in [-0.4, -0.2) is 42.4 Å². The molecule has 0 spiro atoms. The minimum atomic E-state index is -0.329. The van der Waals surface area contributed by atoms with Crippen molar-refractivity contribution in [3.05, 3.63) is 59.7 Å². The maximum absolute atomic E-state index is 6.66. The van der Waals surface area contributed by atoms with E-state index >= 15 is 0 Å². The van der Waals surface area contributed by atoms with Crippen LogP contribution in [0.3, 0.4) is 0 Å². The van der Waals surface area contributed by atoms with Crippen molar-refractivity contribution in [3.8, 4) is 5.75 Å². The maximum Gasteiger partial charge on any atom is 0.494 e. The molecule has 2 aliphatic heterocycles. The molecule has 3 atom stereocenters. The number of rotatable bonds is 5. The third-order valence-electron chi connectivity index (χ3n) is 8.06. The first-order valence-electron chi connectivity index (χ1n) is 12.1. The van der Waals surface area contributed by atoms with Gasteiger partial charge in [0.2, 0.25) is 0 Å². The Morgan fingerprint density at radius 3 is 2.16 bits per heavy atom. The number of piperidine rings is 1. The summed E-state index contributed by atoms with van der Waals surface area (Å²) in [5.74, 6) is 2.22. The van der Waals surface area contributed by atoms with E-state index < -0.39 is 0 Å². The van der Waals surface area contributed by atoms with Gasteiger partial charge in [0.25, 0.3) is 0 Å². The number of likely N-dealkylation sites (tertiary alicyclic amines) is 1. The molecule has 0 N–H and O–H groups in total. The molecular weight excluding hydrogens is 397 g/mol. The van der Waals surface area contributed by atoms with Gasteiger partial charge in [-0.25, -0.2) is 0 Å². The Bertz CT molecular complexity index is 931. The lowest BCUT2D eigenvalue weighted by Gasteiger charge is -2.38. The summed E-state index contributed by atoms with van der Waals surface area (Å²) in [4.78, 5) is 2.62. The van der Waals surface area contributed by atoms with E-state index in [-0.39, 0.29) is 18.3 Å². The molecule has 32 heavy (non-hydrogen) atoms. The van der Waals surface area contributed by atoms with Crippen LogP contribution in [0.2, 0.25) is 0 Å². The molecule has 5 rings (SSSR count). The molecule has 0 radical (unpaired) electrons. The number of fused-ring (bicyclic) bond motifs is 2. The highest BCUT2D eigenvalue weighted by atomic mass is 16.7. The SMILES string of the molecule is Cc1cc(B2OC(C)(C)C(C)(C)O2)ccc1OC1[C@@H]2CC[C@H]1CN(Cc1ccccc1)C2. The Kier molecular flexibility index (Phi) is 5.64. The number of hydrogen-bond acceptors (Lipinski definition) is 4. The van der Waals surface area contributed by atoms with Gasteiger partial charge in [-0.3, -0.25) is 4.90 Å². The minimum Gasteiger partial charge on any atom is -0.489 e. The molecule has 1 saturated carbocycles. The van der Waals surface area contributed by atoms with Gasteiger partial charge in [0.1, 0.15) is 11.9 Å². The van der Waals surface area contributed by atoms with Crippen LogP contribution in [0.4, 0.5) is 0 Å². The molecule has 3 aliphatic rings. The molecule has 2 heterocycles. The molecule has 4 nitrogen and oxygen atoms in total. The lowest BCUT2D eigenvalue weighted by Crippen LogP contribution is -2.46. The van der Waals surface area contributed by atoms with Crippen LogP contribution >= 0.6 is 0 Å². The fourth-order valence-electron chi connectivity index (χ4n) is 5.51. The van der Waals surface area contributed by atoms with Crippen molar-refractivity contribution in [2.24, 2.45) is 11.8 Å². The summed E-state index contributed by atoms with van der Waals surface area (Å²) in [7, 11) is -0.329. The van der Waals surface area contributed by atoms with Crippen molar-refractivity contribution >= 4 is 12.6 Å². The van der Waals surface area contributed by atoms with Gasteiger partial charge in [-0.1, -0.05) is 42.5 Å². The molecule has 1 unspecified atom stereocenters. The van der Waals surface area contributed by atoms with Gasteiger partial charge in [0.15, 0.2) is 0 Å². The van der Waals surface area contributed by atoms with Crippen molar-refractivity contribution < 1.29 is 14.0 Å². The largest absolute Gasteiger partial charge is 0.494 e. The van der Waals surface area contributed by atoms with E-state index in [0.717, 1.165) is 36.4 Å². The summed E-state index contributed by atoms with van der Waals surface area (Å²) in [6.45, 7) is 13.8. The average Bonchev–Trinajstić information content (AvgIpc) is 3.10. The molecule has 0 amide bonds. The predicted octanol–water partition coefficient (Wildman–Crippen LogP) is 4.58. The Balaban J connectivity index is 1.24. The quantitative estimate of drug-likeness (QED) is 0.646. The van der Waals surface area contributed by atoms with Crippen LogP contribution in [0, 0.1) is 18.8 Å². The molecule has 170 valence electrons. The lowest BCUT2D eigenvalue weighted by atomic mass is 9.78. The second kappa shape index (κ2) is 8.20. The molecule has 2 aromatic carbocycles. The monoisotopic (exact) mass is 433 g/mol. The number of benzene rings is 2. The lowest BCUT2D eigenvalue weighted by molar-refractivity contribution is 0.00578. The van der Waals surface area contributed by atoms with Gasteiger partial charge >= 0.3 is 7.12 Å². The summed E-state index contributed by atoms with van der Waals surface area (Å²) < 4.78 is 19.1. The van der Waals surface area contributed by atoms with Gasteiger partial charge in [-0.15, -0.1) is 0 Å². The molecule has 1 aliphatic carbocycles. The Morgan fingerprint density at radius 1 is 0.938 bits per heavy atom. The van der Waals surface area contributed by atoms with Crippen molar-refractivity contribution in [1.29, 1.82) is 0 Å². The molecule has 3 fully saturated rings. The molecule has 0 aromatic heterocycles. The first-order chi connectivity index (χ1) is 15.2. The first kappa shape index (κ1) is 22.0. The predicted molar refractivity (Wildman–Crippen MR) is 129 cm³/mol. The zero-order valence-corrected chi connectivity index (χ0v) is 20.1. The highest BCUT2D eigenvalue weighted by Gasteiger charge is 2.51. The zero-order chi connectivity index (χ0) is 22.5.